The summed E-state index contributed by atoms with van der Waals surface area (Å²) in [5.74, 6) is 0. The summed E-state index contributed by atoms with van der Waals surface area (Å²) in [5.41, 5.74) is 0. The van der Waals surface area contributed by atoms with E-state index in [1.54, 1.807) is 0 Å². The second-order valence-electron chi connectivity index (χ2n) is 4.53. The highest BCUT2D eigenvalue weighted by atomic mass is 16.6. The molecule has 1 unspecified atom stereocenters. The van der Waals surface area contributed by atoms with Gasteiger partial charge in [0, 0.05) is 0 Å². The van der Waals surface area contributed by atoms with Crippen molar-refractivity contribution in [1.82, 2.24) is 0 Å². The minimum absolute atomic E-state index is 0.00343. The van der Waals surface area contributed by atoms with Gasteiger partial charge in [-0.1, -0.05) is 0 Å². The lowest BCUT2D eigenvalue weighted by Crippen LogP contribution is -2.58. The summed E-state index contributed by atoms with van der Waals surface area (Å²) in [6, 6.07) is 0. The maximum absolute atomic E-state index is 9.61. The summed E-state index contributed by atoms with van der Waals surface area (Å²) in [5, 5.41) is 37.6. The van der Waals surface area contributed by atoms with E-state index in [1.807, 2.05) is 13.8 Å². The second-order valence-corrected chi connectivity index (χ2v) is 4.53. The molecule has 1 aliphatic rings. The summed E-state index contributed by atoms with van der Waals surface area (Å²) in [6.45, 7) is 4.54. The van der Waals surface area contributed by atoms with Crippen molar-refractivity contribution in [3.05, 3.63) is 0 Å². The Morgan fingerprint density at radius 3 is 2.28 bits per heavy atom. The predicted octanol–water partition coefficient (Wildman–Crippen LogP) is -1.77. The molecule has 5 atom stereocenters. The van der Waals surface area contributed by atoms with Gasteiger partial charge < -0.3 is 34.6 Å². The number of rotatable bonds is 6. The normalized spacial score (nSPS) is 37.2. The molecule has 0 bridgehead atoms. The largest absolute Gasteiger partial charge is 0.387 e. The zero-order chi connectivity index (χ0) is 13.7. The molecule has 0 saturated carbocycles. The summed E-state index contributed by atoms with van der Waals surface area (Å²) >= 11 is 0. The third-order valence-electron chi connectivity index (χ3n) is 2.65. The van der Waals surface area contributed by atoms with Crippen LogP contribution >= 0.6 is 0 Å². The van der Waals surface area contributed by atoms with Crippen LogP contribution in [0.2, 0.25) is 0 Å². The zero-order valence-electron chi connectivity index (χ0n) is 10.6. The van der Waals surface area contributed by atoms with E-state index in [9.17, 15) is 20.4 Å². The number of aliphatic hydroxyl groups is 4. The summed E-state index contributed by atoms with van der Waals surface area (Å²) in [7, 11) is 0. The summed E-state index contributed by atoms with van der Waals surface area (Å²) < 4.78 is 15.4. The van der Waals surface area contributed by atoms with Crippen LogP contribution in [-0.2, 0) is 14.2 Å². The Labute approximate surface area is 106 Å². The van der Waals surface area contributed by atoms with Gasteiger partial charge >= 0.3 is 0 Å². The van der Waals surface area contributed by atoms with Gasteiger partial charge in [0.05, 0.1) is 25.9 Å². The number of ether oxygens (including phenoxy) is 3. The van der Waals surface area contributed by atoms with Crippen molar-refractivity contribution in [1.29, 1.82) is 0 Å². The molecule has 1 fully saturated rings. The Bertz CT molecular complexity index is 235. The third kappa shape index (κ3) is 4.43. The highest BCUT2D eigenvalue weighted by Crippen LogP contribution is 2.19. The fourth-order valence-corrected chi connectivity index (χ4v) is 1.61. The molecule has 0 spiro atoms. The van der Waals surface area contributed by atoms with Crippen LogP contribution in [0.3, 0.4) is 0 Å². The molecule has 0 radical (unpaired) electrons. The van der Waals surface area contributed by atoms with Crippen LogP contribution in [0.25, 0.3) is 0 Å². The van der Waals surface area contributed by atoms with Crippen LogP contribution in [0.1, 0.15) is 13.8 Å². The van der Waals surface area contributed by atoms with E-state index < -0.39 is 30.7 Å². The highest BCUT2D eigenvalue weighted by Gasteiger charge is 2.42. The Morgan fingerprint density at radius 2 is 1.67 bits per heavy atom. The van der Waals surface area contributed by atoms with Crippen LogP contribution in [0, 0.1) is 0 Å². The van der Waals surface area contributed by atoms with Gasteiger partial charge in [-0.3, -0.25) is 0 Å². The molecule has 1 saturated heterocycles. The van der Waals surface area contributed by atoms with E-state index in [0.717, 1.165) is 0 Å². The lowest BCUT2D eigenvalue weighted by Gasteiger charge is -2.38. The van der Waals surface area contributed by atoms with Crippen molar-refractivity contribution in [3.8, 4) is 0 Å². The van der Waals surface area contributed by atoms with E-state index in [-0.39, 0.29) is 12.7 Å². The first-order valence-corrected chi connectivity index (χ1v) is 6.00. The Morgan fingerprint density at radius 1 is 1.00 bits per heavy atom. The van der Waals surface area contributed by atoms with Gasteiger partial charge in [0.1, 0.15) is 24.4 Å². The maximum Gasteiger partial charge on any atom is 0.184 e. The molecule has 0 amide bonds. The van der Waals surface area contributed by atoms with Crippen LogP contribution < -0.4 is 0 Å². The Kier molecular flexibility index (Phi) is 6.44. The quantitative estimate of drug-likeness (QED) is 0.421. The van der Waals surface area contributed by atoms with Gasteiger partial charge in [0.25, 0.3) is 0 Å². The fraction of sp³-hybridized carbons (Fsp3) is 1.00. The molecule has 0 aromatic carbocycles. The van der Waals surface area contributed by atoms with Crippen molar-refractivity contribution in [2.75, 3.05) is 19.8 Å². The van der Waals surface area contributed by atoms with Gasteiger partial charge in [-0.25, -0.2) is 0 Å². The first kappa shape index (κ1) is 15.8. The van der Waals surface area contributed by atoms with Gasteiger partial charge in [-0.05, 0) is 13.8 Å². The molecule has 0 aromatic rings. The fourth-order valence-electron chi connectivity index (χ4n) is 1.61. The molecule has 4 N–H and O–H groups in total. The van der Waals surface area contributed by atoms with E-state index >= 15 is 0 Å². The Hall–Kier alpha value is -0.280. The van der Waals surface area contributed by atoms with Gasteiger partial charge in [0.2, 0.25) is 0 Å². The average molecular weight is 266 g/mol. The molecule has 108 valence electrons. The van der Waals surface area contributed by atoms with Crippen molar-refractivity contribution in [3.63, 3.8) is 0 Å². The van der Waals surface area contributed by atoms with Crippen molar-refractivity contribution >= 4 is 0 Å². The SMILES string of the molecule is CC(C)OCCOC[C@H]1OC(O)[C@H](O)[C@@H](O)[C@H]1O. The number of aliphatic hydroxyl groups excluding tert-OH is 4. The lowest BCUT2D eigenvalue weighted by molar-refractivity contribution is -0.288. The van der Waals surface area contributed by atoms with Crippen molar-refractivity contribution in [2.45, 2.75) is 50.7 Å². The molecule has 1 heterocycles. The van der Waals surface area contributed by atoms with Crippen LogP contribution in [0.5, 0.6) is 0 Å². The van der Waals surface area contributed by atoms with E-state index in [1.165, 1.54) is 0 Å². The van der Waals surface area contributed by atoms with E-state index in [4.69, 9.17) is 14.2 Å². The average Bonchev–Trinajstić information content (AvgIpc) is 2.32. The topological polar surface area (TPSA) is 109 Å². The summed E-state index contributed by atoms with van der Waals surface area (Å²) in [4.78, 5) is 0. The molecule has 7 nitrogen and oxygen atoms in total. The van der Waals surface area contributed by atoms with Crippen molar-refractivity contribution < 1.29 is 34.6 Å². The summed E-state index contributed by atoms with van der Waals surface area (Å²) in [6.07, 6.45) is -6.55. The monoisotopic (exact) mass is 266 g/mol. The minimum atomic E-state index is -1.52. The molecule has 1 rings (SSSR count). The molecule has 18 heavy (non-hydrogen) atoms. The minimum Gasteiger partial charge on any atom is -0.387 e. The Balaban J connectivity index is 2.25. The standard InChI is InChI=1S/C11H22O7/c1-6(2)17-4-3-16-5-7-8(12)9(13)10(14)11(15)18-7/h6-15H,3-5H2,1-2H3/t7-,8+,9+,10-,11?/m1/s1. The first-order chi connectivity index (χ1) is 8.43. The highest BCUT2D eigenvalue weighted by molar-refractivity contribution is 4.88. The second kappa shape index (κ2) is 7.34. The number of hydrogen-bond acceptors (Lipinski definition) is 7. The van der Waals surface area contributed by atoms with Crippen molar-refractivity contribution in [2.24, 2.45) is 0 Å². The predicted molar refractivity (Wildman–Crippen MR) is 60.8 cm³/mol. The molecular weight excluding hydrogens is 244 g/mol. The van der Waals surface area contributed by atoms with Gasteiger partial charge in [-0.15, -0.1) is 0 Å². The first-order valence-electron chi connectivity index (χ1n) is 6.00. The van der Waals surface area contributed by atoms with Gasteiger partial charge in [0.15, 0.2) is 6.29 Å². The van der Waals surface area contributed by atoms with Gasteiger partial charge in [-0.2, -0.15) is 0 Å². The third-order valence-corrected chi connectivity index (χ3v) is 2.65. The maximum atomic E-state index is 9.61. The number of hydrogen-bond donors (Lipinski definition) is 4. The zero-order valence-corrected chi connectivity index (χ0v) is 10.6. The molecular formula is C11H22O7. The van der Waals surface area contributed by atoms with E-state index in [0.29, 0.717) is 13.2 Å². The molecule has 7 heteroatoms. The van der Waals surface area contributed by atoms with Crippen LogP contribution in [-0.4, -0.2) is 77.1 Å². The van der Waals surface area contributed by atoms with E-state index in [2.05, 4.69) is 0 Å². The molecule has 0 aromatic heterocycles. The molecule has 0 aliphatic carbocycles. The van der Waals surface area contributed by atoms with Crippen LogP contribution in [0.4, 0.5) is 0 Å². The lowest BCUT2D eigenvalue weighted by atomic mass is 9.99. The smallest absolute Gasteiger partial charge is 0.184 e. The van der Waals surface area contributed by atoms with Crippen LogP contribution in [0.15, 0.2) is 0 Å². The molecule has 1 aliphatic heterocycles.